The summed E-state index contributed by atoms with van der Waals surface area (Å²) in [7, 11) is 0. The predicted molar refractivity (Wildman–Crippen MR) is 84.3 cm³/mol. The Morgan fingerprint density at radius 3 is 2.48 bits per heavy atom. The van der Waals surface area contributed by atoms with Crippen molar-refractivity contribution in [1.82, 2.24) is 14.6 Å². The summed E-state index contributed by atoms with van der Waals surface area (Å²) >= 11 is 0. The number of aromatic nitrogens is 3. The number of nitrogens with one attached hydrogen (secondary N) is 1. The van der Waals surface area contributed by atoms with Gasteiger partial charge in [0.05, 0.1) is 5.69 Å². The van der Waals surface area contributed by atoms with Gasteiger partial charge in [-0.1, -0.05) is 0 Å². The van der Waals surface area contributed by atoms with E-state index >= 15 is 0 Å². The van der Waals surface area contributed by atoms with Crippen LogP contribution < -0.4 is 5.32 Å². The zero-order chi connectivity index (χ0) is 19.3. The second-order valence-corrected chi connectivity index (χ2v) is 6.19. The maximum Gasteiger partial charge on any atom is 0.435 e. The van der Waals surface area contributed by atoms with Crippen molar-refractivity contribution in [3.8, 4) is 0 Å². The number of rotatable bonds is 3. The molecule has 0 radical (unpaired) electrons. The van der Waals surface area contributed by atoms with Crippen molar-refractivity contribution in [2.75, 3.05) is 5.32 Å². The van der Waals surface area contributed by atoms with Crippen molar-refractivity contribution < 1.29 is 26.7 Å². The lowest BCUT2D eigenvalue weighted by atomic mass is 10.2. The molecule has 5 nitrogen and oxygen atoms in total. The highest BCUT2D eigenvalue weighted by molar-refractivity contribution is 6.04. The maximum atomic E-state index is 13.3. The van der Waals surface area contributed by atoms with E-state index in [1.165, 1.54) is 0 Å². The second-order valence-electron chi connectivity index (χ2n) is 6.19. The first kappa shape index (κ1) is 17.4. The molecule has 0 aliphatic heterocycles. The topological polar surface area (TPSA) is 59.3 Å². The van der Waals surface area contributed by atoms with Gasteiger partial charge in [-0.05, 0) is 43.2 Å². The standard InChI is InChI=1S/C17H11F5N4O/c18-10-4-3-9(7-11(10)19)16(27)24-15-14(8-1-2-8)26-13(23-15)6-5-12(25-26)17(20,21)22/h3-8H,1-2H2,(H,24,27). The Labute approximate surface area is 148 Å². The van der Waals surface area contributed by atoms with Gasteiger partial charge in [-0.2, -0.15) is 18.3 Å². The molecule has 1 saturated carbocycles. The highest BCUT2D eigenvalue weighted by atomic mass is 19.4. The molecule has 0 unspecified atom stereocenters. The third-order valence-corrected chi connectivity index (χ3v) is 4.18. The van der Waals surface area contributed by atoms with Gasteiger partial charge in [-0.15, -0.1) is 0 Å². The normalized spacial score (nSPS) is 14.6. The van der Waals surface area contributed by atoms with Crippen LogP contribution in [0, 0.1) is 11.6 Å². The van der Waals surface area contributed by atoms with Crippen LogP contribution >= 0.6 is 0 Å². The Morgan fingerprint density at radius 1 is 1.11 bits per heavy atom. The molecule has 1 fully saturated rings. The number of anilines is 1. The molecule has 1 aromatic carbocycles. The van der Waals surface area contributed by atoms with Crippen LogP contribution in [0.3, 0.4) is 0 Å². The van der Waals surface area contributed by atoms with Crippen LogP contribution in [0.1, 0.15) is 40.5 Å². The molecule has 1 N–H and O–H groups in total. The monoisotopic (exact) mass is 382 g/mol. The van der Waals surface area contributed by atoms with E-state index in [-0.39, 0.29) is 22.9 Å². The van der Waals surface area contributed by atoms with Crippen LogP contribution in [-0.4, -0.2) is 20.5 Å². The molecule has 2 aromatic heterocycles. The summed E-state index contributed by atoms with van der Waals surface area (Å²) in [5, 5.41) is 6.06. The lowest BCUT2D eigenvalue weighted by Gasteiger charge is -2.08. The van der Waals surface area contributed by atoms with Gasteiger partial charge < -0.3 is 5.32 Å². The first-order valence-electron chi connectivity index (χ1n) is 7.97. The summed E-state index contributed by atoms with van der Waals surface area (Å²) in [6, 6.07) is 4.61. The minimum Gasteiger partial charge on any atom is -0.305 e. The molecular weight excluding hydrogens is 371 g/mol. The molecule has 0 spiro atoms. The largest absolute Gasteiger partial charge is 0.435 e. The van der Waals surface area contributed by atoms with E-state index in [4.69, 9.17) is 0 Å². The number of nitrogens with zero attached hydrogens (tertiary/aromatic N) is 3. The van der Waals surface area contributed by atoms with E-state index in [1.54, 1.807) is 0 Å². The van der Waals surface area contributed by atoms with E-state index in [1.807, 2.05) is 0 Å². The molecule has 27 heavy (non-hydrogen) atoms. The summed E-state index contributed by atoms with van der Waals surface area (Å²) in [5.74, 6) is -3.07. The van der Waals surface area contributed by atoms with Gasteiger partial charge >= 0.3 is 6.18 Å². The van der Waals surface area contributed by atoms with Gasteiger partial charge in [-0.3, -0.25) is 4.79 Å². The van der Waals surface area contributed by atoms with E-state index in [0.717, 1.165) is 47.7 Å². The molecule has 1 amide bonds. The number of carbonyl (C=O) groups excluding carboxylic acids is 1. The molecule has 10 heteroatoms. The van der Waals surface area contributed by atoms with Crippen molar-refractivity contribution in [3.63, 3.8) is 0 Å². The lowest BCUT2D eigenvalue weighted by Crippen LogP contribution is -2.14. The molecule has 2 heterocycles. The zero-order valence-electron chi connectivity index (χ0n) is 13.5. The minimum atomic E-state index is -4.62. The highest BCUT2D eigenvalue weighted by Gasteiger charge is 2.36. The lowest BCUT2D eigenvalue weighted by molar-refractivity contribution is -0.141. The predicted octanol–water partition coefficient (Wildman–Crippen LogP) is 4.16. The number of amides is 1. The third-order valence-electron chi connectivity index (χ3n) is 4.18. The van der Waals surface area contributed by atoms with Crippen LogP contribution in [-0.2, 0) is 6.18 Å². The van der Waals surface area contributed by atoms with Crippen LogP contribution in [0.2, 0.25) is 0 Å². The fourth-order valence-corrected chi connectivity index (χ4v) is 2.73. The van der Waals surface area contributed by atoms with Crippen LogP contribution in [0.5, 0.6) is 0 Å². The second kappa shape index (κ2) is 6.00. The Hall–Kier alpha value is -3.04. The molecule has 1 aliphatic carbocycles. The van der Waals surface area contributed by atoms with Crippen LogP contribution in [0.25, 0.3) is 5.65 Å². The van der Waals surface area contributed by atoms with Gasteiger partial charge in [0.25, 0.3) is 5.91 Å². The van der Waals surface area contributed by atoms with Crippen molar-refractivity contribution in [1.29, 1.82) is 0 Å². The highest BCUT2D eigenvalue weighted by Crippen LogP contribution is 2.43. The molecule has 0 atom stereocenters. The van der Waals surface area contributed by atoms with Gasteiger partial charge in [0.2, 0.25) is 0 Å². The van der Waals surface area contributed by atoms with Crippen LogP contribution in [0.15, 0.2) is 30.3 Å². The molecule has 4 rings (SSSR count). The Bertz CT molecular complexity index is 1060. The van der Waals surface area contributed by atoms with Crippen molar-refractivity contribution >= 4 is 17.4 Å². The summed E-state index contributed by atoms with van der Waals surface area (Å²) in [6.07, 6.45) is -3.17. The van der Waals surface area contributed by atoms with E-state index in [0.29, 0.717) is 5.69 Å². The van der Waals surface area contributed by atoms with Gasteiger partial charge in [0.1, 0.15) is 0 Å². The molecule has 0 saturated heterocycles. The third kappa shape index (κ3) is 3.22. The van der Waals surface area contributed by atoms with Gasteiger partial charge in [0, 0.05) is 11.5 Å². The molecule has 140 valence electrons. The molecular formula is C17H11F5N4O. The SMILES string of the molecule is O=C(Nc1nc2ccc(C(F)(F)F)nn2c1C1CC1)c1ccc(F)c(F)c1. The number of imidazole rings is 1. The average molecular weight is 382 g/mol. The van der Waals surface area contributed by atoms with Gasteiger partial charge in [-0.25, -0.2) is 18.3 Å². The fraction of sp³-hybridized carbons (Fsp3) is 0.235. The van der Waals surface area contributed by atoms with Crippen molar-refractivity contribution in [2.45, 2.75) is 24.9 Å². The molecule has 0 bridgehead atoms. The number of carbonyl (C=O) groups is 1. The zero-order valence-corrected chi connectivity index (χ0v) is 13.5. The molecule has 3 aromatic rings. The summed E-state index contributed by atoms with van der Waals surface area (Å²) < 4.78 is 66.2. The number of hydrogen-bond acceptors (Lipinski definition) is 3. The van der Waals surface area contributed by atoms with Crippen molar-refractivity contribution in [3.05, 3.63) is 58.9 Å². The van der Waals surface area contributed by atoms with Gasteiger partial charge in [0.15, 0.2) is 28.8 Å². The molecule has 1 aliphatic rings. The van der Waals surface area contributed by atoms with Crippen molar-refractivity contribution in [2.24, 2.45) is 0 Å². The first-order chi connectivity index (χ1) is 12.7. The van der Waals surface area contributed by atoms with Crippen LogP contribution in [0.4, 0.5) is 27.8 Å². The quantitative estimate of drug-likeness (QED) is 0.692. The number of fused-ring (bicyclic) bond motifs is 1. The number of benzene rings is 1. The van der Waals surface area contributed by atoms with E-state index in [9.17, 15) is 26.7 Å². The number of alkyl halides is 3. The average Bonchev–Trinajstić information content (AvgIpc) is 3.37. The summed E-state index contributed by atoms with van der Waals surface area (Å²) in [4.78, 5) is 16.5. The number of halogens is 5. The maximum absolute atomic E-state index is 13.3. The van der Waals surface area contributed by atoms with E-state index in [2.05, 4.69) is 15.4 Å². The summed E-state index contributed by atoms with van der Waals surface area (Å²) in [6.45, 7) is 0. The number of hydrogen-bond donors (Lipinski definition) is 1. The Balaban J connectivity index is 1.74. The van der Waals surface area contributed by atoms with E-state index < -0.39 is 29.4 Å². The summed E-state index contributed by atoms with van der Waals surface area (Å²) in [5.41, 5.74) is -0.720. The smallest absolute Gasteiger partial charge is 0.305 e. The fourth-order valence-electron chi connectivity index (χ4n) is 2.73. The Kier molecular flexibility index (Phi) is 3.86. The Morgan fingerprint density at radius 2 is 1.85 bits per heavy atom. The first-order valence-corrected chi connectivity index (χ1v) is 7.97. The minimum absolute atomic E-state index is 0.0547.